The molecule has 0 saturated heterocycles. The van der Waals surface area contributed by atoms with Gasteiger partial charge in [-0.2, -0.15) is 5.26 Å². The second kappa shape index (κ2) is 7.77. The van der Waals surface area contributed by atoms with Gasteiger partial charge in [0.1, 0.15) is 24.3 Å². The molecule has 0 atom stereocenters. The summed E-state index contributed by atoms with van der Waals surface area (Å²) >= 11 is 0. The highest BCUT2D eigenvalue weighted by Gasteiger charge is 2.08. The lowest BCUT2D eigenvalue weighted by Gasteiger charge is -2.01. The molecular weight excluding hydrogens is 334 g/mol. The monoisotopic (exact) mass is 347 g/mol. The quantitative estimate of drug-likeness (QED) is 0.376. The second-order valence-corrected chi connectivity index (χ2v) is 5.28. The predicted octanol–water partition coefficient (Wildman–Crippen LogP) is 4.28. The van der Waals surface area contributed by atoms with Crippen molar-refractivity contribution in [1.82, 2.24) is 0 Å². The van der Waals surface area contributed by atoms with Gasteiger partial charge in [0.15, 0.2) is 0 Å². The smallest absolute Gasteiger partial charge is 0.269 e. The number of nitro benzene ring substituents is 1. The molecule has 0 aliphatic heterocycles. The maximum Gasteiger partial charge on any atom is 0.269 e. The van der Waals surface area contributed by atoms with Crippen molar-refractivity contribution in [2.45, 2.75) is 6.61 Å². The van der Waals surface area contributed by atoms with Crippen LogP contribution in [0.25, 0.3) is 11.3 Å². The molecule has 1 heterocycles. The van der Waals surface area contributed by atoms with Gasteiger partial charge in [-0.25, -0.2) is 0 Å². The number of non-ortho nitro benzene ring substituents is 1. The molecule has 26 heavy (non-hydrogen) atoms. The van der Waals surface area contributed by atoms with E-state index in [1.54, 1.807) is 42.5 Å². The molecule has 128 valence electrons. The van der Waals surface area contributed by atoms with E-state index in [0.29, 0.717) is 17.1 Å². The van der Waals surface area contributed by atoms with Crippen molar-refractivity contribution in [2.75, 3.05) is 0 Å². The Kier molecular flexibility index (Phi) is 5.05. The van der Waals surface area contributed by atoms with Gasteiger partial charge in [-0.1, -0.05) is 23.4 Å². The van der Waals surface area contributed by atoms with Gasteiger partial charge in [0.25, 0.3) is 5.69 Å². The third kappa shape index (κ3) is 3.94. The average Bonchev–Trinajstić information content (AvgIpc) is 3.14. The number of benzene rings is 2. The van der Waals surface area contributed by atoms with Gasteiger partial charge < -0.3 is 9.25 Å². The maximum atomic E-state index is 10.7. The Morgan fingerprint density at radius 2 is 1.92 bits per heavy atom. The molecule has 0 spiro atoms. The van der Waals surface area contributed by atoms with Crippen molar-refractivity contribution in [3.63, 3.8) is 0 Å². The van der Waals surface area contributed by atoms with E-state index in [9.17, 15) is 10.1 Å². The molecule has 1 aromatic heterocycles. The van der Waals surface area contributed by atoms with Crippen LogP contribution in [0.1, 0.15) is 16.9 Å². The van der Waals surface area contributed by atoms with E-state index in [1.165, 1.54) is 18.3 Å². The number of hydrogen-bond acceptors (Lipinski definition) is 6. The highest BCUT2D eigenvalue weighted by molar-refractivity contribution is 5.77. The van der Waals surface area contributed by atoms with Gasteiger partial charge in [0.05, 0.1) is 16.6 Å². The number of nitrogens with zero attached hydrogens (tertiary/aromatic N) is 3. The molecule has 0 bridgehead atoms. The van der Waals surface area contributed by atoms with Crippen molar-refractivity contribution >= 4 is 11.9 Å². The maximum absolute atomic E-state index is 10.7. The Bertz CT molecular complexity index is 985. The van der Waals surface area contributed by atoms with Crippen LogP contribution in [0.4, 0.5) is 5.69 Å². The molecule has 0 unspecified atom stereocenters. The first-order valence-electron chi connectivity index (χ1n) is 7.65. The number of furan rings is 1. The molecule has 0 radical (unpaired) electrons. The first-order valence-corrected chi connectivity index (χ1v) is 7.65. The third-order valence-corrected chi connectivity index (χ3v) is 3.60. The van der Waals surface area contributed by atoms with E-state index in [0.717, 1.165) is 11.1 Å². The highest BCUT2D eigenvalue weighted by Crippen LogP contribution is 2.24. The van der Waals surface area contributed by atoms with Crippen molar-refractivity contribution < 1.29 is 14.2 Å². The van der Waals surface area contributed by atoms with Crippen LogP contribution in [0.5, 0.6) is 0 Å². The molecule has 3 aromatic rings. The topological polar surface area (TPSA) is 102 Å². The molecular formula is C19H13N3O4. The first-order chi connectivity index (χ1) is 12.7. The van der Waals surface area contributed by atoms with Gasteiger partial charge in [-0.15, -0.1) is 0 Å². The van der Waals surface area contributed by atoms with Gasteiger partial charge >= 0.3 is 0 Å². The lowest BCUT2D eigenvalue weighted by atomic mass is 10.1. The van der Waals surface area contributed by atoms with Crippen LogP contribution in [0.15, 0.2) is 70.2 Å². The summed E-state index contributed by atoms with van der Waals surface area (Å²) in [7, 11) is 0. The Balaban J connectivity index is 1.62. The number of rotatable bonds is 6. The van der Waals surface area contributed by atoms with E-state index in [1.807, 2.05) is 6.07 Å². The Labute approximate surface area is 148 Å². The highest BCUT2D eigenvalue weighted by atomic mass is 16.6. The van der Waals surface area contributed by atoms with E-state index in [2.05, 4.69) is 11.2 Å². The second-order valence-electron chi connectivity index (χ2n) is 5.28. The molecule has 3 rings (SSSR count). The fourth-order valence-corrected chi connectivity index (χ4v) is 2.28. The minimum atomic E-state index is -0.453. The Morgan fingerprint density at radius 1 is 1.15 bits per heavy atom. The van der Waals surface area contributed by atoms with Gasteiger partial charge in [0.2, 0.25) is 0 Å². The van der Waals surface area contributed by atoms with Crippen LogP contribution in [-0.4, -0.2) is 11.1 Å². The molecule has 0 N–H and O–H groups in total. The average molecular weight is 347 g/mol. The minimum absolute atomic E-state index is 0.0214. The fourth-order valence-electron chi connectivity index (χ4n) is 2.28. The van der Waals surface area contributed by atoms with Crippen LogP contribution >= 0.6 is 0 Å². The van der Waals surface area contributed by atoms with Crippen molar-refractivity contribution in [3.05, 3.63) is 87.7 Å². The molecule has 0 amide bonds. The van der Waals surface area contributed by atoms with Crippen LogP contribution in [0.3, 0.4) is 0 Å². The molecule has 0 saturated carbocycles. The van der Waals surface area contributed by atoms with Gasteiger partial charge in [-0.05, 0) is 30.3 Å². The van der Waals surface area contributed by atoms with Crippen molar-refractivity contribution in [1.29, 1.82) is 5.26 Å². The summed E-state index contributed by atoms with van der Waals surface area (Å²) in [6.45, 7) is 0.177. The lowest BCUT2D eigenvalue weighted by Crippen LogP contribution is -1.91. The first kappa shape index (κ1) is 16.9. The summed E-state index contributed by atoms with van der Waals surface area (Å²) in [4.78, 5) is 15.4. The molecule has 2 aromatic carbocycles. The lowest BCUT2D eigenvalue weighted by molar-refractivity contribution is -0.384. The molecule has 7 heteroatoms. The largest absolute Gasteiger partial charge is 0.455 e. The molecule has 0 aliphatic carbocycles. The third-order valence-electron chi connectivity index (χ3n) is 3.60. The van der Waals surface area contributed by atoms with Crippen LogP contribution in [0, 0.1) is 21.4 Å². The fraction of sp³-hybridized carbons (Fsp3) is 0.0526. The summed E-state index contributed by atoms with van der Waals surface area (Å²) in [5.41, 5.74) is 2.03. The normalized spacial score (nSPS) is 10.6. The Morgan fingerprint density at radius 3 is 2.65 bits per heavy atom. The molecule has 0 fully saturated rings. The summed E-state index contributed by atoms with van der Waals surface area (Å²) in [6.07, 6.45) is 1.42. The van der Waals surface area contributed by atoms with E-state index in [-0.39, 0.29) is 12.3 Å². The van der Waals surface area contributed by atoms with Crippen LogP contribution in [-0.2, 0) is 11.4 Å². The Hall–Kier alpha value is -3.92. The van der Waals surface area contributed by atoms with E-state index in [4.69, 9.17) is 14.5 Å². The molecule has 7 nitrogen and oxygen atoms in total. The van der Waals surface area contributed by atoms with Crippen molar-refractivity contribution in [2.24, 2.45) is 5.16 Å². The van der Waals surface area contributed by atoms with Crippen molar-refractivity contribution in [3.8, 4) is 17.4 Å². The van der Waals surface area contributed by atoms with E-state index >= 15 is 0 Å². The predicted molar refractivity (Wildman–Crippen MR) is 94.3 cm³/mol. The number of nitro groups is 1. The summed E-state index contributed by atoms with van der Waals surface area (Å²) in [5, 5.41) is 23.5. The standard InChI is InChI=1S/C19H13N3O4/c20-11-15-3-1-2-4-16(15)13-25-21-12-18-9-10-19(26-18)14-5-7-17(8-6-14)22(23)24/h1-10,12H,13H2/b21-12+. The zero-order valence-corrected chi connectivity index (χ0v) is 13.5. The van der Waals surface area contributed by atoms with Gasteiger partial charge in [0, 0.05) is 23.3 Å². The van der Waals surface area contributed by atoms with Crippen LogP contribution in [0.2, 0.25) is 0 Å². The summed E-state index contributed by atoms with van der Waals surface area (Å²) in [6, 6.07) is 18.7. The zero-order valence-electron chi connectivity index (χ0n) is 13.5. The zero-order chi connectivity index (χ0) is 18.4. The number of hydrogen-bond donors (Lipinski definition) is 0. The van der Waals surface area contributed by atoms with E-state index < -0.39 is 4.92 Å². The van der Waals surface area contributed by atoms with Gasteiger partial charge in [-0.3, -0.25) is 10.1 Å². The summed E-state index contributed by atoms with van der Waals surface area (Å²) < 4.78 is 5.62. The number of nitriles is 1. The minimum Gasteiger partial charge on any atom is -0.455 e. The summed E-state index contributed by atoms with van der Waals surface area (Å²) in [5.74, 6) is 1.04. The SMILES string of the molecule is N#Cc1ccccc1CO/N=C/c1ccc(-c2ccc([N+](=O)[O-])cc2)o1. The molecule has 0 aliphatic rings. The number of oxime groups is 1. The van der Waals surface area contributed by atoms with Crippen LogP contribution < -0.4 is 0 Å².